The molecule has 1 unspecified atom stereocenters. The largest absolute Gasteiger partial charge is 0.465 e. The Hall–Kier alpha value is -0.870. The highest BCUT2D eigenvalue weighted by Crippen LogP contribution is 2.18. The summed E-state index contributed by atoms with van der Waals surface area (Å²) in [6.07, 6.45) is 0. The zero-order valence-electron chi connectivity index (χ0n) is 9.32. The first-order chi connectivity index (χ1) is 7.15. The average Bonchev–Trinajstić information content (AvgIpc) is 2.70. The Kier molecular flexibility index (Phi) is 4.78. The van der Waals surface area contributed by atoms with Gasteiger partial charge in [-0.25, -0.2) is 0 Å². The number of hydrogen-bond acceptors (Lipinski definition) is 4. The lowest BCUT2D eigenvalue weighted by Gasteiger charge is -2.17. The van der Waals surface area contributed by atoms with Crippen LogP contribution >= 0.6 is 11.3 Å². The fraction of sp³-hybridized carbons (Fsp3) is 0.545. The molecule has 0 aromatic carbocycles. The summed E-state index contributed by atoms with van der Waals surface area (Å²) in [7, 11) is 0. The van der Waals surface area contributed by atoms with Crippen LogP contribution in [-0.4, -0.2) is 18.6 Å². The summed E-state index contributed by atoms with van der Waals surface area (Å²) >= 11 is 1.68. The van der Waals surface area contributed by atoms with E-state index in [1.807, 2.05) is 32.2 Å². The van der Waals surface area contributed by atoms with Crippen molar-refractivity contribution in [3.63, 3.8) is 0 Å². The summed E-state index contributed by atoms with van der Waals surface area (Å²) in [5.41, 5.74) is 0. The van der Waals surface area contributed by atoms with Gasteiger partial charge in [0.25, 0.3) is 0 Å². The van der Waals surface area contributed by atoms with Gasteiger partial charge in [0, 0.05) is 10.9 Å². The normalized spacial score (nSPS) is 14.6. The number of thiophene rings is 1. The van der Waals surface area contributed by atoms with Crippen molar-refractivity contribution in [2.45, 2.75) is 32.9 Å². The van der Waals surface area contributed by atoms with Crippen LogP contribution in [0.5, 0.6) is 0 Å². The van der Waals surface area contributed by atoms with Crippen LogP contribution in [0.3, 0.4) is 0 Å². The second-order valence-electron chi connectivity index (χ2n) is 3.38. The summed E-state index contributed by atoms with van der Waals surface area (Å²) < 4.78 is 4.92. The van der Waals surface area contributed by atoms with Gasteiger partial charge in [0.05, 0.1) is 6.61 Å². The van der Waals surface area contributed by atoms with Crippen molar-refractivity contribution in [2.75, 3.05) is 6.61 Å². The van der Waals surface area contributed by atoms with E-state index < -0.39 is 0 Å². The molecule has 0 aliphatic heterocycles. The molecule has 15 heavy (non-hydrogen) atoms. The maximum atomic E-state index is 11.4. The van der Waals surface area contributed by atoms with E-state index in [0.717, 1.165) is 0 Å². The molecule has 0 saturated heterocycles. The minimum atomic E-state index is -0.262. The molecule has 0 aliphatic carbocycles. The van der Waals surface area contributed by atoms with Gasteiger partial charge in [0.2, 0.25) is 0 Å². The molecule has 2 atom stereocenters. The van der Waals surface area contributed by atoms with E-state index in [9.17, 15) is 4.79 Å². The minimum Gasteiger partial charge on any atom is -0.465 e. The predicted octanol–water partition coefficient (Wildman–Crippen LogP) is 2.35. The maximum Gasteiger partial charge on any atom is 0.322 e. The fourth-order valence-corrected chi connectivity index (χ4v) is 2.07. The molecule has 0 amide bonds. The van der Waals surface area contributed by atoms with Crippen LogP contribution in [0.1, 0.15) is 31.7 Å². The molecule has 1 N–H and O–H groups in total. The Morgan fingerprint density at radius 2 is 2.33 bits per heavy atom. The highest BCUT2D eigenvalue weighted by atomic mass is 32.1. The van der Waals surface area contributed by atoms with E-state index in [4.69, 9.17) is 4.74 Å². The van der Waals surface area contributed by atoms with Crippen molar-refractivity contribution >= 4 is 17.3 Å². The van der Waals surface area contributed by atoms with E-state index in [-0.39, 0.29) is 18.1 Å². The van der Waals surface area contributed by atoms with Crippen LogP contribution in [0, 0.1) is 0 Å². The SMILES string of the molecule is CCOC(=O)C(C)N[C@@H](C)c1cccs1. The maximum absolute atomic E-state index is 11.4. The van der Waals surface area contributed by atoms with Gasteiger partial charge >= 0.3 is 5.97 Å². The third-order valence-electron chi connectivity index (χ3n) is 2.11. The molecule has 1 heterocycles. The topological polar surface area (TPSA) is 38.3 Å². The molecule has 1 rings (SSSR count). The van der Waals surface area contributed by atoms with Crippen LogP contribution in [0.25, 0.3) is 0 Å². The highest BCUT2D eigenvalue weighted by molar-refractivity contribution is 7.10. The zero-order chi connectivity index (χ0) is 11.3. The number of rotatable bonds is 5. The molecule has 84 valence electrons. The molecule has 1 aromatic rings. The molecule has 4 heteroatoms. The molecule has 0 aliphatic rings. The van der Waals surface area contributed by atoms with E-state index in [1.54, 1.807) is 11.3 Å². The molecule has 0 saturated carbocycles. The highest BCUT2D eigenvalue weighted by Gasteiger charge is 2.17. The summed E-state index contributed by atoms with van der Waals surface area (Å²) in [5, 5.41) is 5.23. The number of esters is 1. The van der Waals surface area contributed by atoms with Gasteiger partial charge in [-0.3, -0.25) is 10.1 Å². The number of ether oxygens (including phenoxy) is 1. The number of carbonyl (C=O) groups excluding carboxylic acids is 1. The van der Waals surface area contributed by atoms with E-state index in [0.29, 0.717) is 6.61 Å². The molecule has 0 radical (unpaired) electrons. The van der Waals surface area contributed by atoms with Crippen molar-refractivity contribution in [1.82, 2.24) is 5.32 Å². The fourth-order valence-electron chi connectivity index (χ4n) is 1.33. The minimum absolute atomic E-state index is 0.185. The second-order valence-corrected chi connectivity index (χ2v) is 4.36. The lowest BCUT2D eigenvalue weighted by atomic mass is 10.2. The van der Waals surface area contributed by atoms with Crippen molar-refractivity contribution in [3.05, 3.63) is 22.4 Å². The van der Waals surface area contributed by atoms with Gasteiger partial charge in [0.1, 0.15) is 6.04 Å². The molecule has 0 spiro atoms. The Labute approximate surface area is 94.5 Å². The van der Waals surface area contributed by atoms with Crippen LogP contribution in [0.2, 0.25) is 0 Å². The lowest BCUT2D eigenvalue weighted by Crippen LogP contribution is -2.36. The van der Waals surface area contributed by atoms with Crippen molar-refractivity contribution < 1.29 is 9.53 Å². The first kappa shape index (κ1) is 12.2. The van der Waals surface area contributed by atoms with Crippen LogP contribution in [0.15, 0.2) is 17.5 Å². The smallest absolute Gasteiger partial charge is 0.322 e. The summed E-state index contributed by atoms with van der Waals surface area (Å²) in [4.78, 5) is 12.6. The van der Waals surface area contributed by atoms with E-state index in [2.05, 4.69) is 11.4 Å². The van der Waals surface area contributed by atoms with Gasteiger partial charge < -0.3 is 4.74 Å². The zero-order valence-corrected chi connectivity index (χ0v) is 10.1. The standard InChI is InChI=1S/C11H17NO2S/c1-4-14-11(13)9(3)12-8(2)10-6-5-7-15-10/h5-9,12H,4H2,1-3H3/t8-,9?/m0/s1. The summed E-state index contributed by atoms with van der Waals surface area (Å²) in [6.45, 7) is 6.11. The third-order valence-corrected chi connectivity index (χ3v) is 3.17. The van der Waals surface area contributed by atoms with E-state index >= 15 is 0 Å². The Morgan fingerprint density at radius 1 is 1.60 bits per heavy atom. The molecular weight excluding hydrogens is 210 g/mol. The predicted molar refractivity (Wildman–Crippen MR) is 62.0 cm³/mol. The van der Waals surface area contributed by atoms with E-state index in [1.165, 1.54) is 4.88 Å². The average molecular weight is 227 g/mol. The van der Waals surface area contributed by atoms with Gasteiger partial charge in [-0.15, -0.1) is 11.3 Å². The van der Waals surface area contributed by atoms with Crippen molar-refractivity contribution in [1.29, 1.82) is 0 Å². The van der Waals surface area contributed by atoms with Crippen LogP contribution in [-0.2, 0) is 9.53 Å². The Bertz CT molecular complexity index is 298. The molecule has 0 fully saturated rings. The van der Waals surface area contributed by atoms with Crippen molar-refractivity contribution in [3.8, 4) is 0 Å². The quantitative estimate of drug-likeness (QED) is 0.785. The first-order valence-electron chi connectivity index (χ1n) is 5.11. The van der Waals surface area contributed by atoms with Gasteiger partial charge in [0.15, 0.2) is 0 Å². The summed E-state index contributed by atoms with van der Waals surface area (Å²) in [5.74, 6) is -0.194. The van der Waals surface area contributed by atoms with Gasteiger partial charge in [-0.2, -0.15) is 0 Å². The van der Waals surface area contributed by atoms with Crippen LogP contribution < -0.4 is 5.32 Å². The van der Waals surface area contributed by atoms with Gasteiger partial charge in [-0.1, -0.05) is 6.07 Å². The Balaban J connectivity index is 2.44. The van der Waals surface area contributed by atoms with Crippen LogP contribution in [0.4, 0.5) is 0 Å². The molecule has 0 bridgehead atoms. The number of hydrogen-bond donors (Lipinski definition) is 1. The lowest BCUT2D eigenvalue weighted by molar-refractivity contribution is -0.145. The molecule has 3 nitrogen and oxygen atoms in total. The monoisotopic (exact) mass is 227 g/mol. The second kappa shape index (κ2) is 5.88. The van der Waals surface area contributed by atoms with Crippen molar-refractivity contribution in [2.24, 2.45) is 0 Å². The summed E-state index contributed by atoms with van der Waals surface area (Å²) in [6, 6.07) is 3.99. The number of nitrogens with one attached hydrogen (secondary N) is 1. The Morgan fingerprint density at radius 3 is 2.87 bits per heavy atom. The van der Waals surface area contributed by atoms with Gasteiger partial charge in [-0.05, 0) is 32.2 Å². The number of carbonyl (C=O) groups is 1. The molecular formula is C11H17NO2S. The third kappa shape index (κ3) is 3.64. The first-order valence-corrected chi connectivity index (χ1v) is 5.99. The molecule has 1 aromatic heterocycles.